The van der Waals surface area contributed by atoms with Gasteiger partial charge in [0.1, 0.15) is 6.29 Å². The fraction of sp³-hybridized carbons (Fsp3) is 0.312. The summed E-state index contributed by atoms with van der Waals surface area (Å²) in [5.74, 6) is -0.521. The number of nitrogens with one attached hydrogen (secondary N) is 2. The van der Waals surface area contributed by atoms with Gasteiger partial charge in [-0.2, -0.15) is 0 Å². The number of rotatable bonds is 4. The fourth-order valence-corrected chi connectivity index (χ4v) is 10.1. The first-order chi connectivity index (χ1) is 29.2. The predicted molar refractivity (Wildman–Crippen MR) is 246 cm³/mol. The fourth-order valence-electron chi connectivity index (χ4n) is 9.06. The van der Waals surface area contributed by atoms with E-state index in [4.69, 9.17) is 46.4 Å². The van der Waals surface area contributed by atoms with E-state index in [0.717, 1.165) is 17.7 Å². The van der Waals surface area contributed by atoms with E-state index in [9.17, 15) is 29.1 Å². The second-order valence-corrected chi connectivity index (χ2v) is 19.4. The summed E-state index contributed by atoms with van der Waals surface area (Å²) in [5, 5.41) is 18.1. The van der Waals surface area contributed by atoms with E-state index in [1.807, 2.05) is 19.9 Å². The van der Waals surface area contributed by atoms with Gasteiger partial charge >= 0.3 is 0 Å². The number of Topliss-reactive ketones (excluding diaryl/α,β-unsaturated/α-hetero) is 2. The number of allylic oxidation sites excluding steroid dienone is 2. The number of amides is 2. The molecule has 10 nitrogen and oxygen atoms in total. The number of anilines is 4. The van der Waals surface area contributed by atoms with E-state index >= 15 is 0 Å². The normalized spacial score (nSPS) is 19.9. The van der Waals surface area contributed by atoms with Crippen molar-refractivity contribution in [2.75, 3.05) is 20.4 Å². The minimum Gasteiger partial charge on any atom is -0.392 e. The number of nitrogens with zero attached hydrogens (tertiary/aromatic N) is 2. The van der Waals surface area contributed by atoms with E-state index in [-0.39, 0.29) is 40.8 Å². The second kappa shape index (κ2) is 17.3. The zero-order valence-corrected chi connectivity index (χ0v) is 38.1. The van der Waals surface area contributed by atoms with Crippen molar-refractivity contribution in [2.24, 2.45) is 10.8 Å². The quantitative estimate of drug-likeness (QED) is 0.172. The van der Waals surface area contributed by atoms with Crippen LogP contribution in [0.3, 0.4) is 0 Å². The Kier molecular flexibility index (Phi) is 12.6. The third-order valence-corrected chi connectivity index (χ3v) is 12.7. The zero-order valence-electron chi connectivity index (χ0n) is 35.1. The van der Waals surface area contributed by atoms with Crippen LogP contribution in [0.25, 0.3) is 0 Å². The van der Waals surface area contributed by atoms with E-state index < -0.39 is 12.1 Å². The van der Waals surface area contributed by atoms with Gasteiger partial charge in [0.25, 0.3) is 0 Å². The number of fused-ring (bicyclic) bond motifs is 2. The topological polar surface area (TPSA) is 136 Å². The van der Waals surface area contributed by atoms with Crippen molar-refractivity contribution >= 4 is 98.8 Å². The molecular formula is C48H46Cl4N4O6. The number of carbonyl (C=O) groups excluding carboxylic acids is 5. The molecule has 0 saturated carbocycles. The van der Waals surface area contributed by atoms with Gasteiger partial charge < -0.3 is 15.7 Å². The number of aldehydes is 1. The van der Waals surface area contributed by atoms with Crippen LogP contribution in [0.1, 0.15) is 106 Å². The summed E-state index contributed by atoms with van der Waals surface area (Å²) in [7, 11) is 0. The van der Waals surface area contributed by atoms with E-state index in [2.05, 4.69) is 24.5 Å². The lowest BCUT2D eigenvalue weighted by Gasteiger charge is -2.37. The number of aliphatic hydroxyl groups excluding tert-OH is 1. The van der Waals surface area contributed by atoms with Gasteiger partial charge in [-0.05, 0) is 95.0 Å². The summed E-state index contributed by atoms with van der Waals surface area (Å²) in [6.45, 7) is 11.0. The molecule has 0 fully saturated rings. The van der Waals surface area contributed by atoms with Gasteiger partial charge in [-0.3, -0.25) is 33.8 Å². The summed E-state index contributed by atoms with van der Waals surface area (Å²) >= 11 is 25.4. The maximum atomic E-state index is 13.5. The highest BCUT2D eigenvalue weighted by atomic mass is 35.5. The van der Waals surface area contributed by atoms with Gasteiger partial charge in [-0.1, -0.05) is 92.3 Å². The van der Waals surface area contributed by atoms with Crippen LogP contribution in [0.15, 0.2) is 95.3 Å². The van der Waals surface area contributed by atoms with Crippen molar-refractivity contribution in [1.29, 1.82) is 0 Å². The first kappa shape index (κ1) is 45.1. The van der Waals surface area contributed by atoms with Crippen LogP contribution in [-0.2, 0) is 25.8 Å². The minimum absolute atomic E-state index is 0.0174. The molecule has 4 aromatic carbocycles. The van der Waals surface area contributed by atoms with Gasteiger partial charge in [0, 0.05) is 74.9 Å². The van der Waals surface area contributed by atoms with Crippen molar-refractivity contribution in [3.63, 3.8) is 0 Å². The average Bonchev–Trinajstić information content (AvgIpc) is 3.40. The number of hydrogen-bond donors (Lipinski definition) is 3. The van der Waals surface area contributed by atoms with Crippen LogP contribution in [0, 0.1) is 10.8 Å². The maximum absolute atomic E-state index is 13.5. The van der Waals surface area contributed by atoms with E-state index in [1.54, 1.807) is 76.5 Å². The number of halogens is 4. The molecule has 2 heterocycles. The summed E-state index contributed by atoms with van der Waals surface area (Å²) in [6, 6.07) is 19.2. The Balaban J connectivity index is 0.000000186. The molecule has 62 heavy (non-hydrogen) atoms. The minimum atomic E-state index is -0.711. The van der Waals surface area contributed by atoms with Crippen molar-refractivity contribution in [3.8, 4) is 0 Å². The lowest BCUT2D eigenvalue weighted by atomic mass is 9.73. The molecule has 2 aliphatic heterocycles. The number of benzene rings is 4. The molecule has 0 bridgehead atoms. The monoisotopic (exact) mass is 914 g/mol. The van der Waals surface area contributed by atoms with Crippen LogP contribution in [0.4, 0.5) is 22.7 Å². The standard InChI is InChI=1S/C24H24Cl2N2O3.C24H22Cl2N2O3/c2*1-13(30)28-20-7-4-14(12-29)8-18(20)27-19-10-24(2,3)11-21(31)22(19)23(28)16-6-5-15(25)9-17(16)26/h4-9,23,27,29H,10-12H2,1-3H3;4-9,12,23,27H,10-11H2,1-3H3. The van der Waals surface area contributed by atoms with Crippen molar-refractivity contribution < 1.29 is 29.1 Å². The SMILES string of the molecule is CC(=O)N1c2ccc(C=O)cc2NC2=C(C(=O)CC(C)(C)C2)C1c1ccc(Cl)cc1Cl.CC(=O)N1c2ccc(CO)cc2NC2=C(C(=O)CC(C)(C)C2)C1c1ccc(Cl)cc1Cl. The first-order valence-corrected chi connectivity index (χ1v) is 21.6. The smallest absolute Gasteiger partial charge is 0.224 e. The van der Waals surface area contributed by atoms with Crippen molar-refractivity contribution in [3.05, 3.63) is 138 Å². The predicted octanol–water partition coefficient (Wildman–Crippen LogP) is 11.6. The third-order valence-electron chi connectivity index (χ3n) is 11.6. The van der Waals surface area contributed by atoms with Crippen molar-refractivity contribution in [2.45, 2.75) is 85.9 Å². The Morgan fingerprint density at radius 2 is 1.10 bits per heavy atom. The van der Waals surface area contributed by atoms with Gasteiger partial charge in [0.15, 0.2) is 11.6 Å². The molecule has 2 aliphatic carbocycles. The van der Waals surface area contributed by atoms with Crippen LogP contribution >= 0.6 is 46.4 Å². The summed E-state index contributed by atoms with van der Waals surface area (Å²) in [6.07, 6.45) is 2.75. The van der Waals surface area contributed by atoms with E-state index in [1.165, 1.54) is 13.8 Å². The highest BCUT2D eigenvalue weighted by Gasteiger charge is 2.45. The Labute approximate surface area is 380 Å². The molecule has 0 spiro atoms. The zero-order chi connectivity index (χ0) is 45.0. The van der Waals surface area contributed by atoms with Crippen molar-refractivity contribution in [1.82, 2.24) is 0 Å². The van der Waals surface area contributed by atoms with Gasteiger partial charge in [-0.15, -0.1) is 0 Å². The first-order valence-electron chi connectivity index (χ1n) is 20.1. The van der Waals surface area contributed by atoms with E-state index in [0.29, 0.717) is 102 Å². The molecule has 0 aromatic heterocycles. The molecule has 322 valence electrons. The van der Waals surface area contributed by atoms with Gasteiger partial charge in [0.2, 0.25) is 11.8 Å². The Bertz CT molecular complexity index is 2640. The molecule has 3 N–H and O–H groups in total. The summed E-state index contributed by atoms with van der Waals surface area (Å²) < 4.78 is 0. The maximum Gasteiger partial charge on any atom is 0.224 e. The molecule has 4 aliphatic rings. The molecule has 14 heteroatoms. The molecule has 0 radical (unpaired) electrons. The molecule has 2 atom stereocenters. The lowest BCUT2D eigenvalue weighted by molar-refractivity contribution is -0.120. The number of hydrogen-bond acceptors (Lipinski definition) is 8. The number of carbonyl (C=O) groups is 5. The Morgan fingerprint density at radius 3 is 1.50 bits per heavy atom. The van der Waals surface area contributed by atoms with Crippen LogP contribution < -0.4 is 20.4 Å². The average molecular weight is 917 g/mol. The number of ketones is 2. The van der Waals surface area contributed by atoms with Crippen LogP contribution in [0.2, 0.25) is 20.1 Å². The van der Waals surface area contributed by atoms with Crippen LogP contribution in [0.5, 0.6) is 0 Å². The third kappa shape index (κ3) is 8.81. The second-order valence-electron chi connectivity index (χ2n) is 17.7. The van der Waals surface area contributed by atoms with Gasteiger partial charge in [-0.25, -0.2) is 0 Å². The number of aliphatic hydroxyl groups is 1. The molecule has 2 amide bonds. The molecule has 4 aromatic rings. The lowest BCUT2D eigenvalue weighted by Crippen LogP contribution is -2.38. The summed E-state index contributed by atoms with van der Waals surface area (Å²) in [4.78, 5) is 67.4. The molecule has 0 saturated heterocycles. The van der Waals surface area contributed by atoms with Gasteiger partial charge in [0.05, 0.1) is 41.4 Å². The highest BCUT2D eigenvalue weighted by molar-refractivity contribution is 6.36. The largest absolute Gasteiger partial charge is 0.392 e. The molecule has 2 unspecified atom stereocenters. The highest BCUT2D eigenvalue weighted by Crippen LogP contribution is 2.51. The van der Waals surface area contributed by atoms with Crippen LogP contribution in [-0.4, -0.2) is 34.8 Å². The molecular weight excluding hydrogens is 870 g/mol. The molecule has 8 rings (SSSR count). The summed E-state index contributed by atoms with van der Waals surface area (Å²) in [5.41, 5.74) is 7.03. The Hall–Kier alpha value is -4.97. The Morgan fingerprint density at radius 1 is 0.661 bits per heavy atom.